The summed E-state index contributed by atoms with van der Waals surface area (Å²) in [6, 6.07) is 7.38. The van der Waals surface area contributed by atoms with Gasteiger partial charge in [0.25, 0.3) is 0 Å². The van der Waals surface area contributed by atoms with Gasteiger partial charge in [-0.15, -0.1) is 23.2 Å². The Bertz CT molecular complexity index is 417. The van der Waals surface area contributed by atoms with Crippen molar-refractivity contribution >= 4 is 34.9 Å². The molecular formula is C12H14Cl2N2O. The summed E-state index contributed by atoms with van der Waals surface area (Å²) >= 11 is 11.7. The van der Waals surface area contributed by atoms with Crippen molar-refractivity contribution in [1.82, 2.24) is 5.32 Å². The fraction of sp³-hybridized carbons (Fsp3) is 0.417. The molecule has 2 rings (SSSR count). The number of anilines is 1. The Morgan fingerprint density at radius 1 is 1.41 bits per heavy atom. The molecule has 1 fully saturated rings. The number of aryl methyl sites for hydroxylation is 1. The smallest absolute Gasteiger partial charge is 0.319 e. The van der Waals surface area contributed by atoms with Crippen molar-refractivity contribution in [2.75, 3.05) is 11.9 Å². The maximum Gasteiger partial charge on any atom is 0.319 e. The molecule has 1 atom stereocenters. The van der Waals surface area contributed by atoms with E-state index in [2.05, 4.69) is 10.6 Å². The summed E-state index contributed by atoms with van der Waals surface area (Å²) in [4.78, 5) is 11.5. The number of nitrogens with one attached hydrogen (secondary N) is 2. The van der Waals surface area contributed by atoms with Gasteiger partial charge in [-0.05, 0) is 25.5 Å². The van der Waals surface area contributed by atoms with E-state index in [0.29, 0.717) is 6.54 Å². The highest BCUT2D eigenvalue weighted by Crippen LogP contribution is 2.52. The van der Waals surface area contributed by atoms with Crippen molar-refractivity contribution in [2.45, 2.75) is 17.7 Å². The average molecular weight is 273 g/mol. The van der Waals surface area contributed by atoms with Crippen molar-refractivity contribution in [3.63, 3.8) is 0 Å². The number of halogens is 2. The fourth-order valence-electron chi connectivity index (χ4n) is 1.52. The van der Waals surface area contributed by atoms with Crippen LogP contribution >= 0.6 is 23.2 Å². The van der Waals surface area contributed by atoms with Crippen LogP contribution in [0, 0.1) is 12.8 Å². The van der Waals surface area contributed by atoms with Crippen LogP contribution in [-0.2, 0) is 0 Å². The zero-order chi connectivity index (χ0) is 12.5. The van der Waals surface area contributed by atoms with Gasteiger partial charge in [0, 0.05) is 18.2 Å². The van der Waals surface area contributed by atoms with E-state index in [1.54, 1.807) is 0 Å². The Labute approximate surface area is 110 Å². The van der Waals surface area contributed by atoms with Gasteiger partial charge in [0.15, 0.2) is 0 Å². The number of hydrogen-bond acceptors (Lipinski definition) is 1. The lowest BCUT2D eigenvalue weighted by Gasteiger charge is -2.07. The lowest BCUT2D eigenvalue weighted by molar-refractivity contribution is 0.251. The topological polar surface area (TPSA) is 41.1 Å². The molecule has 2 amide bonds. The highest BCUT2D eigenvalue weighted by Gasteiger charge is 2.51. The van der Waals surface area contributed by atoms with Crippen molar-refractivity contribution < 1.29 is 4.79 Å². The lowest BCUT2D eigenvalue weighted by Crippen LogP contribution is -2.31. The van der Waals surface area contributed by atoms with Crippen LogP contribution in [0.1, 0.15) is 12.0 Å². The molecule has 1 saturated carbocycles. The molecule has 0 saturated heterocycles. The molecule has 0 unspecified atom stereocenters. The number of benzene rings is 1. The molecule has 17 heavy (non-hydrogen) atoms. The molecule has 0 aromatic heterocycles. The third-order valence-electron chi connectivity index (χ3n) is 2.77. The van der Waals surface area contributed by atoms with Crippen molar-refractivity contribution in [2.24, 2.45) is 5.92 Å². The van der Waals surface area contributed by atoms with E-state index in [4.69, 9.17) is 23.2 Å². The van der Waals surface area contributed by atoms with Crippen LogP contribution in [0.4, 0.5) is 10.5 Å². The number of carbonyl (C=O) groups is 1. The van der Waals surface area contributed by atoms with Gasteiger partial charge in [0.05, 0.1) is 0 Å². The van der Waals surface area contributed by atoms with Crippen molar-refractivity contribution in [3.8, 4) is 0 Å². The molecule has 5 heteroatoms. The first kappa shape index (κ1) is 12.5. The summed E-state index contributed by atoms with van der Waals surface area (Å²) in [5.41, 5.74) is 1.93. The number of alkyl halides is 2. The van der Waals surface area contributed by atoms with Crippen LogP contribution < -0.4 is 10.6 Å². The van der Waals surface area contributed by atoms with E-state index in [1.165, 1.54) is 0 Å². The van der Waals surface area contributed by atoms with Gasteiger partial charge in [-0.2, -0.15) is 0 Å². The molecule has 92 valence electrons. The third kappa shape index (κ3) is 3.51. The van der Waals surface area contributed by atoms with E-state index >= 15 is 0 Å². The van der Waals surface area contributed by atoms with Crippen molar-refractivity contribution in [1.29, 1.82) is 0 Å². The molecule has 1 aromatic carbocycles. The van der Waals surface area contributed by atoms with Gasteiger partial charge in [-0.1, -0.05) is 17.7 Å². The quantitative estimate of drug-likeness (QED) is 0.815. The minimum atomic E-state index is -0.642. The predicted octanol–water partition coefficient (Wildman–Crippen LogP) is 3.31. The highest BCUT2D eigenvalue weighted by molar-refractivity contribution is 6.50. The molecule has 0 spiro atoms. The Balaban J connectivity index is 1.76. The van der Waals surface area contributed by atoms with Gasteiger partial charge in [-0.25, -0.2) is 4.79 Å². The molecule has 0 heterocycles. The first-order chi connectivity index (χ1) is 7.97. The Kier molecular flexibility index (Phi) is 3.50. The van der Waals surface area contributed by atoms with E-state index in [0.717, 1.165) is 17.7 Å². The van der Waals surface area contributed by atoms with Crippen LogP contribution in [0.5, 0.6) is 0 Å². The molecule has 1 aliphatic carbocycles. The normalized spacial score (nSPS) is 20.8. The molecule has 0 aliphatic heterocycles. The SMILES string of the molecule is Cc1ccc(NC(=O)NC[C@H]2CC2(Cl)Cl)cc1. The van der Waals surface area contributed by atoms with Gasteiger partial charge >= 0.3 is 6.03 Å². The highest BCUT2D eigenvalue weighted by atomic mass is 35.5. The largest absolute Gasteiger partial charge is 0.337 e. The van der Waals surface area contributed by atoms with E-state index in [-0.39, 0.29) is 11.9 Å². The average Bonchev–Trinajstić information content (AvgIpc) is 2.87. The second-order valence-corrected chi connectivity index (χ2v) is 5.91. The zero-order valence-electron chi connectivity index (χ0n) is 9.47. The summed E-state index contributed by atoms with van der Waals surface area (Å²) in [6.45, 7) is 2.50. The van der Waals surface area contributed by atoms with Crippen LogP contribution in [-0.4, -0.2) is 16.9 Å². The summed E-state index contributed by atoms with van der Waals surface area (Å²) in [7, 11) is 0. The van der Waals surface area contributed by atoms with E-state index in [1.807, 2.05) is 31.2 Å². The summed E-state index contributed by atoms with van der Waals surface area (Å²) in [5, 5.41) is 5.49. The summed E-state index contributed by atoms with van der Waals surface area (Å²) < 4.78 is -0.642. The van der Waals surface area contributed by atoms with Gasteiger partial charge in [0.2, 0.25) is 0 Å². The number of carbonyl (C=O) groups excluding carboxylic acids is 1. The minimum Gasteiger partial charge on any atom is -0.337 e. The summed E-state index contributed by atoms with van der Waals surface area (Å²) in [5.74, 6) is 0.162. The van der Waals surface area contributed by atoms with Crippen LogP contribution in [0.25, 0.3) is 0 Å². The number of urea groups is 1. The Hall–Kier alpha value is -0.930. The first-order valence-corrected chi connectivity index (χ1v) is 6.22. The molecule has 2 N–H and O–H groups in total. The van der Waals surface area contributed by atoms with E-state index in [9.17, 15) is 4.79 Å². The van der Waals surface area contributed by atoms with Gasteiger partial charge < -0.3 is 10.6 Å². The van der Waals surface area contributed by atoms with Crippen molar-refractivity contribution in [3.05, 3.63) is 29.8 Å². The predicted molar refractivity (Wildman–Crippen MR) is 70.7 cm³/mol. The monoisotopic (exact) mass is 272 g/mol. The molecular weight excluding hydrogens is 259 g/mol. The number of amides is 2. The lowest BCUT2D eigenvalue weighted by atomic mass is 10.2. The second-order valence-electron chi connectivity index (χ2n) is 4.36. The van der Waals surface area contributed by atoms with Gasteiger partial charge in [-0.3, -0.25) is 0 Å². The van der Waals surface area contributed by atoms with Crippen LogP contribution in [0.15, 0.2) is 24.3 Å². The molecule has 0 bridgehead atoms. The maximum absolute atomic E-state index is 11.5. The van der Waals surface area contributed by atoms with Crippen LogP contribution in [0.3, 0.4) is 0 Å². The van der Waals surface area contributed by atoms with Gasteiger partial charge in [0.1, 0.15) is 4.33 Å². The number of rotatable bonds is 3. The molecule has 0 radical (unpaired) electrons. The zero-order valence-corrected chi connectivity index (χ0v) is 11.0. The minimum absolute atomic E-state index is 0.162. The third-order valence-corrected chi connectivity index (χ3v) is 3.70. The maximum atomic E-state index is 11.5. The fourth-order valence-corrected chi connectivity index (χ4v) is 2.05. The molecule has 3 nitrogen and oxygen atoms in total. The summed E-state index contributed by atoms with van der Waals surface area (Å²) in [6.07, 6.45) is 0.737. The second kappa shape index (κ2) is 4.75. The Morgan fingerprint density at radius 2 is 2.00 bits per heavy atom. The molecule has 1 aromatic rings. The number of hydrogen-bond donors (Lipinski definition) is 2. The van der Waals surface area contributed by atoms with Crippen LogP contribution in [0.2, 0.25) is 0 Å². The standard InChI is InChI=1S/C12H14Cl2N2O/c1-8-2-4-10(5-3-8)16-11(17)15-7-9-6-12(9,13)14/h2-5,9H,6-7H2,1H3,(H2,15,16,17)/t9-/m1/s1. The Morgan fingerprint density at radius 3 is 2.53 bits per heavy atom. The molecule has 1 aliphatic rings. The first-order valence-electron chi connectivity index (χ1n) is 5.47. The van der Waals surface area contributed by atoms with E-state index < -0.39 is 4.33 Å².